The molecule has 0 N–H and O–H groups in total. The lowest BCUT2D eigenvalue weighted by atomic mass is 10.1. The second kappa shape index (κ2) is 8.68. The summed E-state index contributed by atoms with van der Waals surface area (Å²) in [6.07, 6.45) is -4.50. The van der Waals surface area contributed by atoms with Gasteiger partial charge in [-0.25, -0.2) is 8.78 Å². The van der Waals surface area contributed by atoms with Gasteiger partial charge in [-0.2, -0.15) is 13.2 Å². The third kappa shape index (κ3) is 4.74. The maximum absolute atomic E-state index is 13.4. The van der Waals surface area contributed by atoms with Crippen LogP contribution in [0.2, 0.25) is 0 Å². The molecule has 1 aliphatic rings. The molecule has 0 unspecified atom stereocenters. The van der Waals surface area contributed by atoms with Gasteiger partial charge in [0.05, 0.1) is 5.56 Å². The molecule has 10 heteroatoms. The van der Waals surface area contributed by atoms with Crippen molar-refractivity contribution in [1.29, 1.82) is 0 Å². The zero-order chi connectivity index (χ0) is 23.8. The van der Waals surface area contributed by atoms with E-state index < -0.39 is 35.2 Å². The Morgan fingerprint density at radius 3 is 2.09 bits per heavy atom. The van der Waals surface area contributed by atoms with E-state index in [1.54, 1.807) is 0 Å². The zero-order valence-corrected chi connectivity index (χ0v) is 17.0. The van der Waals surface area contributed by atoms with E-state index >= 15 is 0 Å². The normalized spacial score (nSPS) is 14.5. The maximum Gasteiger partial charge on any atom is 0.416 e. The monoisotopic (exact) mass is 464 g/mol. The Hall–Kier alpha value is -3.69. The minimum Gasteiger partial charge on any atom is -0.451 e. The first-order chi connectivity index (χ1) is 15.6. The molecular formula is C23H17F5N2O3. The highest BCUT2D eigenvalue weighted by molar-refractivity contribution is 5.95. The van der Waals surface area contributed by atoms with Gasteiger partial charge >= 0.3 is 6.18 Å². The molecule has 2 heterocycles. The van der Waals surface area contributed by atoms with Gasteiger partial charge in [0.1, 0.15) is 5.76 Å². The van der Waals surface area contributed by atoms with Crippen molar-refractivity contribution >= 4 is 11.8 Å². The van der Waals surface area contributed by atoms with Gasteiger partial charge in [0.2, 0.25) is 0 Å². The lowest BCUT2D eigenvalue weighted by Crippen LogP contribution is -2.50. The van der Waals surface area contributed by atoms with Crippen molar-refractivity contribution in [3.05, 3.63) is 83.1 Å². The first-order valence-corrected chi connectivity index (χ1v) is 9.94. The van der Waals surface area contributed by atoms with Crippen LogP contribution in [0, 0.1) is 11.6 Å². The Bertz CT molecular complexity index is 1200. The summed E-state index contributed by atoms with van der Waals surface area (Å²) in [5.74, 6) is -3.03. The predicted octanol–water partition coefficient (Wildman–Crippen LogP) is 4.84. The van der Waals surface area contributed by atoms with Crippen LogP contribution in [0.15, 0.2) is 59.0 Å². The quantitative estimate of drug-likeness (QED) is 0.522. The summed E-state index contributed by atoms with van der Waals surface area (Å²) in [4.78, 5) is 28.1. The number of carbonyl (C=O) groups excluding carboxylic acids is 2. The molecule has 0 radical (unpaired) electrons. The largest absolute Gasteiger partial charge is 0.451 e. The summed E-state index contributed by atoms with van der Waals surface area (Å²) in [6.45, 7) is 0.692. The Morgan fingerprint density at radius 1 is 0.788 bits per heavy atom. The number of furan rings is 1. The van der Waals surface area contributed by atoms with E-state index in [2.05, 4.69) is 0 Å². The van der Waals surface area contributed by atoms with Crippen molar-refractivity contribution < 1.29 is 36.0 Å². The molecule has 0 bridgehead atoms. The van der Waals surface area contributed by atoms with Crippen LogP contribution in [0.25, 0.3) is 11.3 Å². The minimum atomic E-state index is -4.50. The summed E-state index contributed by atoms with van der Waals surface area (Å²) in [7, 11) is 0. The third-order valence-electron chi connectivity index (χ3n) is 5.31. The van der Waals surface area contributed by atoms with Crippen LogP contribution in [-0.2, 0) is 6.18 Å². The highest BCUT2D eigenvalue weighted by Crippen LogP contribution is 2.32. The number of halogens is 5. The van der Waals surface area contributed by atoms with Crippen molar-refractivity contribution in [3.8, 4) is 11.3 Å². The number of carbonyl (C=O) groups is 2. The molecule has 2 aromatic carbocycles. The van der Waals surface area contributed by atoms with Crippen LogP contribution in [0.5, 0.6) is 0 Å². The molecule has 5 nitrogen and oxygen atoms in total. The van der Waals surface area contributed by atoms with Crippen molar-refractivity contribution in [2.24, 2.45) is 0 Å². The Labute approximate surface area is 185 Å². The van der Waals surface area contributed by atoms with Crippen molar-refractivity contribution in [3.63, 3.8) is 0 Å². The highest BCUT2D eigenvalue weighted by atomic mass is 19.4. The molecule has 33 heavy (non-hydrogen) atoms. The van der Waals surface area contributed by atoms with Crippen molar-refractivity contribution in [1.82, 2.24) is 9.80 Å². The highest BCUT2D eigenvalue weighted by Gasteiger charge is 2.31. The van der Waals surface area contributed by atoms with Crippen LogP contribution >= 0.6 is 0 Å². The molecule has 0 saturated carbocycles. The first kappa shape index (κ1) is 22.5. The first-order valence-electron chi connectivity index (χ1n) is 9.94. The van der Waals surface area contributed by atoms with Gasteiger partial charge in [0, 0.05) is 37.3 Å². The van der Waals surface area contributed by atoms with E-state index in [1.165, 1.54) is 40.1 Å². The fourth-order valence-electron chi connectivity index (χ4n) is 3.54. The Balaban J connectivity index is 1.41. The number of nitrogens with zero attached hydrogens (tertiary/aromatic N) is 2. The molecule has 1 fully saturated rings. The Kier molecular flexibility index (Phi) is 5.92. The molecule has 172 valence electrons. The van der Waals surface area contributed by atoms with Crippen LogP contribution in [0.4, 0.5) is 22.0 Å². The summed E-state index contributed by atoms with van der Waals surface area (Å²) in [5.41, 5.74) is -0.637. The maximum atomic E-state index is 13.4. The average Bonchev–Trinajstić information content (AvgIpc) is 3.30. The smallest absolute Gasteiger partial charge is 0.416 e. The fraction of sp³-hybridized carbons (Fsp3) is 0.217. The molecule has 1 aliphatic heterocycles. The molecule has 0 aliphatic carbocycles. The van der Waals surface area contributed by atoms with Crippen LogP contribution in [-0.4, -0.2) is 47.8 Å². The Morgan fingerprint density at radius 2 is 1.45 bits per heavy atom. The van der Waals surface area contributed by atoms with Crippen LogP contribution < -0.4 is 0 Å². The standard InChI is InChI=1S/C23H17F5N2O3/c24-17-5-4-15(13-18(17)25)21(31)29-8-10-30(11-9-29)22(32)20-7-6-19(33-20)14-2-1-3-16(12-14)23(26,27)28/h1-7,12-13H,8-11H2. The summed E-state index contributed by atoms with van der Waals surface area (Å²) < 4.78 is 70.8. The number of amides is 2. The summed E-state index contributed by atoms with van der Waals surface area (Å²) >= 11 is 0. The lowest BCUT2D eigenvalue weighted by molar-refractivity contribution is -0.137. The number of rotatable bonds is 3. The molecule has 3 aromatic rings. The second-order valence-electron chi connectivity index (χ2n) is 7.46. The average molecular weight is 464 g/mol. The fourth-order valence-corrected chi connectivity index (χ4v) is 3.54. The van der Waals surface area contributed by atoms with E-state index in [0.717, 1.165) is 24.3 Å². The van der Waals surface area contributed by atoms with E-state index in [9.17, 15) is 31.5 Å². The minimum absolute atomic E-state index is 0.00504. The van der Waals surface area contributed by atoms with Gasteiger partial charge in [-0.1, -0.05) is 12.1 Å². The van der Waals surface area contributed by atoms with E-state index in [4.69, 9.17) is 4.42 Å². The topological polar surface area (TPSA) is 53.8 Å². The molecular weight excluding hydrogens is 447 g/mol. The molecule has 1 saturated heterocycles. The molecule has 1 aromatic heterocycles. The number of hydrogen-bond donors (Lipinski definition) is 0. The zero-order valence-electron chi connectivity index (χ0n) is 17.0. The molecule has 0 spiro atoms. The van der Waals surface area contributed by atoms with Gasteiger partial charge in [-0.15, -0.1) is 0 Å². The van der Waals surface area contributed by atoms with Gasteiger partial charge in [0.25, 0.3) is 11.8 Å². The van der Waals surface area contributed by atoms with Gasteiger partial charge in [0.15, 0.2) is 17.4 Å². The number of benzene rings is 2. The summed E-state index contributed by atoms with van der Waals surface area (Å²) in [6, 6.07) is 10.3. The second-order valence-corrected chi connectivity index (χ2v) is 7.46. The van der Waals surface area contributed by atoms with Crippen molar-refractivity contribution in [2.75, 3.05) is 26.2 Å². The molecule has 0 atom stereocenters. The number of hydrogen-bond acceptors (Lipinski definition) is 3. The molecule has 4 rings (SSSR count). The van der Waals surface area contributed by atoms with Gasteiger partial charge < -0.3 is 14.2 Å². The van der Waals surface area contributed by atoms with E-state index in [-0.39, 0.29) is 48.8 Å². The van der Waals surface area contributed by atoms with Gasteiger partial charge in [-0.3, -0.25) is 9.59 Å². The lowest BCUT2D eigenvalue weighted by Gasteiger charge is -2.34. The number of piperazine rings is 1. The van der Waals surface area contributed by atoms with Crippen LogP contribution in [0.1, 0.15) is 26.5 Å². The SMILES string of the molecule is O=C(c1ccc(F)c(F)c1)N1CCN(C(=O)c2ccc(-c3cccc(C(F)(F)F)c3)o2)CC1. The number of alkyl halides is 3. The molecule has 2 amide bonds. The van der Waals surface area contributed by atoms with E-state index in [1.807, 2.05) is 0 Å². The van der Waals surface area contributed by atoms with Gasteiger partial charge in [-0.05, 0) is 42.5 Å². The van der Waals surface area contributed by atoms with Crippen LogP contribution in [0.3, 0.4) is 0 Å². The predicted molar refractivity (Wildman–Crippen MR) is 107 cm³/mol. The van der Waals surface area contributed by atoms with Crippen molar-refractivity contribution in [2.45, 2.75) is 6.18 Å². The van der Waals surface area contributed by atoms with E-state index in [0.29, 0.717) is 0 Å². The summed E-state index contributed by atoms with van der Waals surface area (Å²) in [5, 5.41) is 0. The third-order valence-corrected chi connectivity index (χ3v) is 5.31.